The van der Waals surface area contributed by atoms with Gasteiger partial charge in [0.2, 0.25) is 0 Å². The highest BCUT2D eigenvalue weighted by Crippen LogP contribution is 2.28. The molecule has 0 aromatic carbocycles. The van der Waals surface area contributed by atoms with Crippen LogP contribution < -0.4 is 0 Å². The molecule has 0 radical (unpaired) electrons. The van der Waals surface area contributed by atoms with E-state index in [4.69, 9.17) is 11.6 Å². The summed E-state index contributed by atoms with van der Waals surface area (Å²) in [6.45, 7) is 4.52. The molecule has 2 rings (SSSR count). The number of thiophene rings is 1. The normalized spacial score (nSPS) is 20.8. The second-order valence-electron chi connectivity index (χ2n) is 3.93. The SMILES string of the molecule is CCC1(O)CN(Cc2ccc(Cl)s2)C1. The van der Waals surface area contributed by atoms with Crippen molar-refractivity contribution in [2.75, 3.05) is 13.1 Å². The first kappa shape index (κ1) is 10.4. The van der Waals surface area contributed by atoms with Gasteiger partial charge in [0.25, 0.3) is 0 Å². The van der Waals surface area contributed by atoms with Crippen molar-refractivity contribution in [1.29, 1.82) is 0 Å². The molecule has 1 aliphatic heterocycles. The number of nitrogens with zero attached hydrogens (tertiary/aromatic N) is 1. The predicted octanol–water partition coefficient (Wildman–Crippen LogP) is 2.36. The highest BCUT2D eigenvalue weighted by Gasteiger charge is 2.39. The van der Waals surface area contributed by atoms with Gasteiger partial charge in [-0.1, -0.05) is 18.5 Å². The minimum atomic E-state index is -0.430. The van der Waals surface area contributed by atoms with Gasteiger partial charge in [-0.25, -0.2) is 0 Å². The minimum absolute atomic E-state index is 0.430. The Morgan fingerprint density at radius 2 is 2.29 bits per heavy atom. The van der Waals surface area contributed by atoms with E-state index < -0.39 is 5.60 Å². The summed E-state index contributed by atoms with van der Waals surface area (Å²) in [6.07, 6.45) is 0.842. The molecule has 1 aromatic heterocycles. The number of halogens is 1. The van der Waals surface area contributed by atoms with Gasteiger partial charge in [-0.2, -0.15) is 0 Å². The van der Waals surface area contributed by atoms with Crippen LogP contribution in [0.1, 0.15) is 18.2 Å². The first-order valence-corrected chi connectivity index (χ1v) is 6.00. The average Bonchev–Trinajstić information content (AvgIpc) is 2.48. The molecule has 1 saturated heterocycles. The maximum absolute atomic E-state index is 9.81. The van der Waals surface area contributed by atoms with Crippen molar-refractivity contribution in [3.63, 3.8) is 0 Å². The summed E-state index contributed by atoms with van der Waals surface area (Å²) >= 11 is 7.45. The topological polar surface area (TPSA) is 23.5 Å². The highest BCUT2D eigenvalue weighted by atomic mass is 35.5. The van der Waals surface area contributed by atoms with Crippen LogP contribution >= 0.6 is 22.9 Å². The van der Waals surface area contributed by atoms with Gasteiger partial charge in [0.15, 0.2) is 0 Å². The molecule has 0 amide bonds. The van der Waals surface area contributed by atoms with Gasteiger partial charge in [0, 0.05) is 24.5 Å². The average molecular weight is 232 g/mol. The molecule has 0 spiro atoms. The molecule has 4 heteroatoms. The Labute approximate surface area is 93.1 Å². The number of β-amino-alcohol motifs (C(OH)–C–C–N with tert-alkyl or cyclic N) is 1. The molecule has 0 saturated carbocycles. The van der Waals surface area contributed by atoms with Crippen molar-refractivity contribution in [2.24, 2.45) is 0 Å². The van der Waals surface area contributed by atoms with E-state index >= 15 is 0 Å². The van der Waals surface area contributed by atoms with Crippen LogP contribution in [0.2, 0.25) is 4.34 Å². The lowest BCUT2D eigenvalue weighted by Gasteiger charge is -2.46. The summed E-state index contributed by atoms with van der Waals surface area (Å²) in [5.74, 6) is 0. The van der Waals surface area contributed by atoms with Crippen molar-refractivity contribution in [3.05, 3.63) is 21.3 Å². The number of likely N-dealkylation sites (tertiary alicyclic amines) is 1. The van der Waals surface area contributed by atoms with E-state index in [0.717, 1.165) is 30.4 Å². The van der Waals surface area contributed by atoms with E-state index in [-0.39, 0.29) is 0 Å². The minimum Gasteiger partial charge on any atom is -0.387 e. The van der Waals surface area contributed by atoms with E-state index in [0.29, 0.717) is 0 Å². The Balaban J connectivity index is 1.85. The van der Waals surface area contributed by atoms with E-state index in [1.807, 2.05) is 13.0 Å². The fourth-order valence-electron chi connectivity index (χ4n) is 1.78. The van der Waals surface area contributed by atoms with Gasteiger partial charge >= 0.3 is 0 Å². The molecule has 2 nitrogen and oxygen atoms in total. The molecule has 2 heterocycles. The van der Waals surface area contributed by atoms with Crippen molar-refractivity contribution >= 4 is 22.9 Å². The van der Waals surface area contributed by atoms with Crippen LogP contribution in [0.5, 0.6) is 0 Å². The van der Waals surface area contributed by atoms with Crippen LogP contribution in [-0.4, -0.2) is 28.7 Å². The predicted molar refractivity (Wildman–Crippen MR) is 59.8 cm³/mol. The lowest BCUT2D eigenvalue weighted by molar-refractivity contribution is -0.103. The number of aliphatic hydroxyl groups is 1. The standard InChI is InChI=1S/C10H14ClNOS/c1-2-10(13)6-12(7-10)5-8-3-4-9(11)14-8/h3-4,13H,2,5-7H2,1H3. The monoisotopic (exact) mass is 231 g/mol. The Morgan fingerprint density at radius 3 is 2.79 bits per heavy atom. The van der Waals surface area contributed by atoms with Crippen molar-refractivity contribution in [3.8, 4) is 0 Å². The molecule has 0 unspecified atom stereocenters. The molecule has 1 N–H and O–H groups in total. The van der Waals surface area contributed by atoms with Gasteiger partial charge in [0.05, 0.1) is 9.94 Å². The second-order valence-corrected chi connectivity index (χ2v) is 5.73. The summed E-state index contributed by atoms with van der Waals surface area (Å²) in [5.41, 5.74) is -0.430. The number of hydrogen-bond acceptors (Lipinski definition) is 3. The van der Waals surface area contributed by atoms with Gasteiger partial charge in [-0.05, 0) is 18.6 Å². The second kappa shape index (κ2) is 3.81. The van der Waals surface area contributed by atoms with Gasteiger partial charge in [-0.15, -0.1) is 11.3 Å². The van der Waals surface area contributed by atoms with E-state index in [1.165, 1.54) is 4.88 Å². The third-order valence-electron chi connectivity index (χ3n) is 2.70. The smallest absolute Gasteiger partial charge is 0.0931 e. The summed E-state index contributed by atoms with van der Waals surface area (Å²) in [6, 6.07) is 3.98. The van der Waals surface area contributed by atoms with Crippen LogP contribution in [0, 0.1) is 0 Å². The fraction of sp³-hybridized carbons (Fsp3) is 0.600. The largest absolute Gasteiger partial charge is 0.387 e. The molecule has 0 atom stereocenters. The zero-order chi connectivity index (χ0) is 10.2. The lowest BCUT2D eigenvalue weighted by atomic mass is 9.91. The molecule has 78 valence electrons. The number of hydrogen-bond donors (Lipinski definition) is 1. The maximum atomic E-state index is 9.81. The summed E-state index contributed by atoms with van der Waals surface area (Å²) < 4.78 is 0.839. The molecule has 1 aliphatic rings. The fourth-order valence-corrected chi connectivity index (χ4v) is 2.91. The molecule has 1 aromatic rings. The van der Waals surface area contributed by atoms with Crippen molar-refractivity contribution in [1.82, 2.24) is 4.90 Å². The quantitative estimate of drug-likeness (QED) is 0.864. The highest BCUT2D eigenvalue weighted by molar-refractivity contribution is 7.16. The molecule has 14 heavy (non-hydrogen) atoms. The Morgan fingerprint density at radius 1 is 1.57 bits per heavy atom. The van der Waals surface area contributed by atoms with E-state index in [1.54, 1.807) is 11.3 Å². The van der Waals surface area contributed by atoms with Crippen LogP contribution in [0.25, 0.3) is 0 Å². The van der Waals surface area contributed by atoms with Crippen molar-refractivity contribution < 1.29 is 5.11 Å². The summed E-state index contributed by atoms with van der Waals surface area (Å²) in [5, 5.41) is 9.81. The van der Waals surface area contributed by atoms with Crippen LogP contribution in [-0.2, 0) is 6.54 Å². The molecular weight excluding hydrogens is 218 g/mol. The Hall–Kier alpha value is -0.0900. The number of rotatable bonds is 3. The van der Waals surface area contributed by atoms with Crippen LogP contribution in [0.15, 0.2) is 12.1 Å². The molecule has 0 aliphatic carbocycles. The van der Waals surface area contributed by atoms with Gasteiger partial charge in [0.1, 0.15) is 0 Å². The first-order chi connectivity index (χ1) is 6.61. The summed E-state index contributed by atoms with van der Waals surface area (Å²) in [7, 11) is 0. The Kier molecular flexibility index (Phi) is 2.84. The molecule has 1 fully saturated rings. The zero-order valence-electron chi connectivity index (χ0n) is 8.16. The van der Waals surface area contributed by atoms with E-state index in [2.05, 4.69) is 11.0 Å². The van der Waals surface area contributed by atoms with Crippen LogP contribution in [0.4, 0.5) is 0 Å². The maximum Gasteiger partial charge on any atom is 0.0931 e. The van der Waals surface area contributed by atoms with Gasteiger partial charge in [-0.3, -0.25) is 4.90 Å². The third kappa shape index (κ3) is 2.11. The zero-order valence-corrected chi connectivity index (χ0v) is 9.74. The third-order valence-corrected chi connectivity index (χ3v) is 3.92. The lowest BCUT2D eigenvalue weighted by Crippen LogP contribution is -2.60. The molecule has 0 bridgehead atoms. The van der Waals surface area contributed by atoms with Crippen molar-refractivity contribution in [2.45, 2.75) is 25.5 Å². The van der Waals surface area contributed by atoms with Crippen LogP contribution in [0.3, 0.4) is 0 Å². The van der Waals surface area contributed by atoms with E-state index in [9.17, 15) is 5.11 Å². The first-order valence-electron chi connectivity index (χ1n) is 4.80. The summed E-state index contributed by atoms with van der Waals surface area (Å²) in [4.78, 5) is 3.51. The Bertz CT molecular complexity index is 320. The van der Waals surface area contributed by atoms with Gasteiger partial charge < -0.3 is 5.11 Å². The molecular formula is C10H14ClNOS.